The Morgan fingerprint density at radius 3 is 2.21 bits per heavy atom. The van der Waals surface area contributed by atoms with Crippen molar-refractivity contribution >= 4 is 11.9 Å². The van der Waals surface area contributed by atoms with Crippen LogP contribution in [0, 0.1) is 0 Å². The average molecular weight is 266 g/mol. The number of aliphatic hydroxyl groups is 1. The molecule has 0 radical (unpaired) electrons. The number of ether oxygens (including phenoxy) is 2. The zero-order chi connectivity index (χ0) is 14.5. The van der Waals surface area contributed by atoms with Gasteiger partial charge >= 0.3 is 11.9 Å². The molecule has 1 aromatic rings. The SMILES string of the molecule is CC(C)(C)OC(=O)c1ccc(CC(=O)OCO)cc1. The van der Waals surface area contributed by atoms with Gasteiger partial charge in [0.2, 0.25) is 0 Å². The molecule has 0 atom stereocenters. The van der Waals surface area contributed by atoms with Crippen molar-refractivity contribution in [2.75, 3.05) is 6.79 Å². The lowest BCUT2D eigenvalue weighted by Gasteiger charge is -2.19. The minimum atomic E-state index is -0.630. The minimum Gasteiger partial charge on any atom is -0.456 e. The Kier molecular flexibility index (Phi) is 5.06. The molecule has 0 aliphatic heterocycles. The van der Waals surface area contributed by atoms with Gasteiger partial charge < -0.3 is 14.6 Å². The summed E-state index contributed by atoms with van der Waals surface area (Å²) in [6.07, 6.45) is 0.0508. The van der Waals surface area contributed by atoms with Gasteiger partial charge in [0.15, 0.2) is 6.79 Å². The van der Waals surface area contributed by atoms with Crippen LogP contribution in [0.4, 0.5) is 0 Å². The third-order valence-corrected chi connectivity index (χ3v) is 2.16. The monoisotopic (exact) mass is 266 g/mol. The van der Waals surface area contributed by atoms with E-state index in [9.17, 15) is 9.59 Å². The second-order valence-corrected chi connectivity index (χ2v) is 5.02. The van der Waals surface area contributed by atoms with Crippen molar-refractivity contribution in [1.29, 1.82) is 0 Å². The fraction of sp³-hybridized carbons (Fsp3) is 0.429. The van der Waals surface area contributed by atoms with Gasteiger partial charge in [0, 0.05) is 0 Å². The van der Waals surface area contributed by atoms with E-state index in [-0.39, 0.29) is 6.42 Å². The fourth-order valence-electron chi connectivity index (χ4n) is 1.39. The summed E-state index contributed by atoms with van der Waals surface area (Å²) in [5.41, 5.74) is 0.584. The lowest BCUT2D eigenvalue weighted by Crippen LogP contribution is -2.23. The molecule has 1 rings (SSSR count). The summed E-state index contributed by atoms with van der Waals surface area (Å²) >= 11 is 0. The van der Waals surface area contributed by atoms with Gasteiger partial charge in [-0.2, -0.15) is 0 Å². The molecule has 0 heterocycles. The summed E-state index contributed by atoms with van der Waals surface area (Å²) in [4.78, 5) is 22.9. The molecule has 0 saturated heterocycles. The van der Waals surface area contributed by atoms with Crippen molar-refractivity contribution in [3.05, 3.63) is 35.4 Å². The quantitative estimate of drug-likeness (QED) is 0.663. The van der Waals surface area contributed by atoms with Crippen molar-refractivity contribution in [3.63, 3.8) is 0 Å². The number of hydrogen-bond acceptors (Lipinski definition) is 5. The number of carbonyl (C=O) groups excluding carboxylic acids is 2. The maximum Gasteiger partial charge on any atom is 0.338 e. The molecular formula is C14H18O5. The topological polar surface area (TPSA) is 72.8 Å². The van der Waals surface area contributed by atoms with E-state index in [0.29, 0.717) is 11.1 Å². The Morgan fingerprint density at radius 2 is 1.74 bits per heavy atom. The van der Waals surface area contributed by atoms with Crippen molar-refractivity contribution in [2.24, 2.45) is 0 Å². The molecule has 0 fully saturated rings. The third-order valence-electron chi connectivity index (χ3n) is 2.16. The molecule has 0 aliphatic carbocycles. The van der Waals surface area contributed by atoms with Gasteiger partial charge in [0.25, 0.3) is 0 Å². The number of hydrogen-bond donors (Lipinski definition) is 1. The van der Waals surface area contributed by atoms with E-state index < -0.39 is 24.3 Å². The molecule has 1 aromatic carbocycles. The first-order valence-electron chi connectivity index (χ1n) is 5.90. The van der Waals surface area contributed by atoms with Crippen LogP contribution in [-0.2, 0) is 20.7 Å². The minimum absolute atomic E-state index is 0.0508. The normalized spacial score (nSPS) is 10.9. The fourth-order valence-corrected chi connectivity index (χ4v) is 1.39. The van der Waals surface area contributed by atoms with E-state index in [0.717, 1.165) is 0 Å². The lowest BCUT2D eigenvalue weighted by atomic mass is 10.1. The molecule has 5 nitrogen and oxygen atoms in total. The van der Waals surface area contributed by atoms with Crippen LogP contribution in [0.1, 0.15) is 36.7 Å². The first kappa shape index (κ1) is 15.2. The van der Waals surface area contributed by atoms with Crippen LogP contribution in [0.2, 0.25) is 0 Å². The second-order valence-electron chi connectivity index (χ2n) is 5.02. The van der Waals surface area contributed by atoms with Crippen molar-refractivity contribution in [1.82, 2.24) is 0 Å². The van der Waals surface area contributed by atoms with Crippen LogP contribution in [0.3, 0.4) is 0 Å². The summed E-state index contributed by atoms with van der Waals surface area (Å²) < 4.78 is 9.63. The Hall–Kier alpha value is -1.88. The van der Waals surface area contributed by atoms with Crippen molar-refractivity contribution in [3.8, 4) is 0 Å². The molecule has 0 amide bonds. The second kappa shape index (κ2) is 6.33. The number of aliphatic hydroxyl groups excluding tert-OH is 1. The number of carbonyl (C=O) groups is 2. The largest absolute Gasteiger partial charge is 0.456 e. The number of benzene rings is 1. The summed E-state index contributed by atoms with van der Waals surface area (Å²) in [5, 5.41) is 8.44. The van der Waals surface area contributed by atoms with E-state index in [1.54, 1.807) is 45.0 Å². The van der Waals surface area contributed by atoms with Crippen LogP contribution in [0.5, 0.6) is 0 Å². The predicted octanol–water partition coefficient (Wildman–Crippen LogP) is 1.68. The highest BCUT2D eigenvalue weighted by atomic mass is 16.6. The maximum atomic E-state index is 11.7. The summed E-state index contributed by atoms with van der Waals surface area (Å²) in [5.74, 6) is -0.926. The number of esters is 2. The molecule has 0 bridgehead atoms. The summed E-state index contributed by atoms with van der Waals surface area (Å²) in [6, 6.07) is 6.49. The van der Waals surface area contributed by atoms with Gasteiger partial charge in [0.05, 0.1) is 12.0 Å². The van der Waals surface area contributed by atoms with Gasteiger partial charge in [-0.25, -0.2) is 4.79 Å². The van der Waals surface area contributed by atoms with Crippen molar-refractivity contribution < 1.29 is 24.2 Å². The highest BCUT2D eigenvalue weighted by Gasteiger charge is 2.17. The van der Waals surface area contributed by atoms with Crippen molar-refractivity contribution in [2.45, 2.75) is 32.8 Å². The van der Waals surface area contributed by atoms with E-state index in [1.807, 2.05) is 0 Å². The van der Waals surface area contributed by atoms with E-state index >= 15 is 0 Å². The molecule has 19 heavy (non-hydrogen) atoms. The van der Waals surface area contributed by atoms with Crippen LogP contribution in [0.25, 0.3) is 0 Å². The smallest absolute Gasteiger partial charge is 0.338 e. The van der Waals surface area contributed by atoms with Crippen LogP contribution in [0.15, 0.2) is 24.3 Å². The van der Waals surface area contributed by atoms with Gasteiger partial charge in [-0.3, -0.25) is 4.79 Å². The molecular weight excluding hydrogens is 248 g/mol. The highest BCUT2D eigenvalue weighted by molar-refractivity contribution is 5.89. The Labute approximate surface area is 112 Å². The molecule has 5 heteroatoms. The van der Waals surface area contributed by atoms with E-state index in [2.05, 4.69) is 4.74 Å². The van der Waals surface area contributed by atoms with Gasteiger partial charge in [-0.15, -0.1) is 0 Å². The van der Waals surface area contributed by atoms with E-state index in [4.69, 9.17) is 9.84 Å². The molecule has 0 aromatic heterocycles. The van der Waals surface area contributed by atoms with E-state index in [1.165, 1.54) is 0 Å². The van der Waals surface area contributed by atoms with Crippen LogP contribution < -0.4 is 0 Å². The van der Waals surface area contributed by atoms with Crippen LogP contribution >= 0.6 is 0 Å². The molecule has 0 aliphatic rings. The summed E-state index contributed by atoms with van der Waals surface area (Å²) in [7, 11) is 0. The molecule has 104 valence electrons. The summed E-state index contributed by atoms with van der Waals surface area (Å²) in [6.45, 7) is 4.76. The first-order valence-corrected chi connectivity index (χ1v) is 5.90. The standard InChI is InChI=1S/C14H18O5/c1-14(2,3)19-13(17)11-6-4-10(5-7-11)8-12(16)18-9-15/h4-7,15H,8-9H2,1-3H3. The average Bonchev–Trinajstić information content (AvgIpc) is 2.27. The third kappa shape index (κ3) is 5.52. The maximum absolute atomic E-state index is 11.7. The zero-order valence-corrected chi connectivity index (χ0v) is 11.3. The van der Waals surface area contributed by atoms with Crippen LogP contribution in [-0.4, -0.2) is 29.4 Å². The Bertz CT molecular complexity index is 442. The van der Waals surface area contributed by atoms with Gasteiger partial charge in [-0.1, -0.05) is 12.1 Å². The molecule has 0 unspecified atom stereocenters. The predicted molar refractivity (Wildman–Crippen MR) is 68.5 cm³/mol. The van der Waals surface area contributed by atoms with Gasteiger partial charge in [0.1, 0.15) is 5.60 Å². The Balaban J connectivity index is 2.66. The molecule has 1 N–H and O–H groups in total. The lowest BCUT2D eigenvalue weighted by molar-refractivity contribution is -0.150. The highest BCUT2D eigenvalue weighted by Crippen LogP contribution is 2.13. The first-order chi connectivity index (χ1) is 8.81. The molecule has 0 saturated carbocycles. The van der Waals surface area contributed by atoms with Gasteiger partial charge in [-0.05, 0) is 38.5 Å². The molecule has 0 spiro atoms. The number of rotatable bonds is 4. The Morgan fingerprint density at radius 1 is 1.16 bits per heavy atom. The zero-order valence-electron chi connectivity index (χ0n) is 11.3.